The van der Waals surface area contributed by atoms with Crippen molar-refractivity contribution in [2.75, 3.05) is 24.4 Å². The predicted molar refractivity (Wildman–Crippen MR) is 132 cm³/mol. The number of aromatic amines is 1. The average molecular weight is 448 g/mol. The van der Waals surface area contributed by atoms with Crippen LogP contribution in [0.25, 0.3) is 21.7 Å². The number of piperidine rings is 1. The van der Waals surface area contributed by atoms with Gasteiger partial charge in [0.05, 0.1) is 4.90 Å². The first-order valence-corrected chi connectivity index (χ1v) is 12.8. The molecule has 1 aromatic heterocycles. The number of fused-ring (bicyclic) bond motifs is 2. The van der Waals surface area contributed by atoms with Gasteiger partial charge < -0.3 is 9.88 Å². The van der Waals surface area contributed by atoms with Crippen LogP contribution >= 0.6 is 0 Å². The first-order chi connectivity index (χ1) is 15.5. The highest BCUT2D eigenvalue weighted by Crippen LogP contribution is 2.26. The lowest BCUT2D eigenvalue weighted by atomic mass is 9.99. The van der Waals surface area contributed by atoms with E-state index in [1.54, 1.807) is 12.1 Å². The van der Waals surface area contributed by atoms with Crippen LogP contribution in [0, 0.1) is 5.92 Å². The fourth-order valence-electron chi connectivity index (χ4n) is 4.56. The van der Waals surface area contributed by atoms with Gasteiger partial charge in [0, 0.05) is 29.3 Å². The van der Waals surface area contributed by atoms with Gasteiger partial charge in [-0.05, 0) is 84.9 Å². The minimum absolute atomic E-state index is 0.268. The summed E-state index contributed by atoms with van der Waals surface area (Å²) in [6, 6.07) is 18.7. The molecule has 2 N–H and O–H groups in total. The summed E-state index contributed by atoms with van der Waals surface area (Å²) in [4.78, 5) is 6.13. The van der Waals surface area contributed by atoms with E-state index in [0.717, 1.165) is 40.6 Å². The third-order valence-electron chi connectivity index (χ3n) is 6.62. The average Bonchev–Trinajstić information content (AvgIpc) is 3.20. The lowest BCUT2D eigenvalue weighted by Gasteiger charge is -2.30. The Morgan fingerprint density at radius 3 is 2.59 bits per heavy atom. The molecule has 1 fully saturated rings. The maximum atomic E-state index is 13.0. The molecule has 1 saturated heterocycles. The number of hydrogen-bond donors (Lipinski definition) is 2. The van der Waals surface area contributed by atoms with Crippen LogP contribution in [0.4, 0.5) is 5.69 Å². The van der Waals surface area contributed by atoms with Crippen molar-refractivity contribution in [1.82, 2.24) is 9.88 Å². The number of H-pyrrole nitrogens is 1. The molecule has 0 radical (unpaired) electrons. The molecule has 6 heteroatoms. The zero-order chi connectivity index (χ0) is 22.1. The second-order valence-corrected chi connectivity index (χ2v) is 10.6. The summed E-state index contributed by atoms with van der Waals surface area (Å²) in [6.07, 6.45) is 5.55. The molecule has 5 rings (SSSR count). The maximum Gasteiger partial charge on any atom is 0.261 e. The van der Waals surface area contributed by atoms with Gasteiger partial charge in [0.2, 0.25) is 0 Å². The van der Waals surface area contributed by atoms with Crippen molar-refractivity contribution in [3.05, 3.63) is 72.4 Å². The monoisotopic (exact) mass is 447 g/mol. The maximum absolute atomic E-state index is 13.0. The third-order valence-corrected chi connectivity index (χ3v) is 8.00. The first kappa shape index (κ1) is 21.0. The van der Waals surface area contributed by atoms with Crippen LogP contribution in [-0.4, -0.2) is 37.9 Å². The Hall–Kier alpha value is -2.83. The number of hydrogen-bond acceptors (Lipinski definition) is 3. The molecule has 0 saturated carbocycles. The summed E-state index contributed by atoms with van der Waals surface area (Å²) in [5.41, 5.74) is 2.84. The van der Waals surface area contributed by atoms with Gasteiger partial charge in [-0.2, -0.15) is 0 Å². The van der Waals surface area contributed by atoms with Gasteiger partial charge in [-0.25, -0.2) is 8.42 Å². The quantitative estimate of drug-likeness (QED) is 0.416. The Kier molecular flexibility index (Phi) is 5.66. The van der Waals surface area contributed by atoms with Crippen molar-refractivity contribution in [2.24, 2.45) is 5.92 Å². The van der Waals surface area contributed by atoms with Crippen LogP contribution in [0.15, 0.2) is 71.8 Å². The smallest absolute Gasteiger partial charge is 0.261 e. The molecule has 166 valence electrons. The molecule has 0 amide bonds. The largest absolute Gasteiger partial charge is 0.361 e. The van der Waals surface area contributed by atoms with Crippen molar-refractivity contribution >= 4 is 37.4 Å². The van der Waals surface area contributed by atoms with Gasteiger partial charge in [-0.1, -0.05) is 37.3 Å². The van der Waals surface area contributed by atoms with Crippen molar-refractivity contribution in [2.45, 2.75) is 31.1 Å². The highest BCUT2D eigenvalue weighted by molar-refractivity contribution is 7.92. The molecule has 4 aromatic rings. The van der Waals surface area contributed by atoms with E-state index in [0.29, 0.717) is 5.69 Å². The van der Waals surface area contributed by atoms with Crippen molar-refractivity contribution in [3.8, 4) is 0 Å². The van der Waals surface area contributed by atoms with E-state index in [-0.39, 0.29) is 4.90 Å². The number of rotatable bonds is 6. The normalized spacial score (nSPS) is 16.0. The molecule has 1 aliphatic heterocycles. The molecule has 0 spiro atoms. The lowest BCUT2D eigenvalue weighted by Crippen LogP contribution is -2.34. The van der Waals surface area contributed by atoms with Crippen LogP contribution in [0.5, 0.6) is 0 Å². The van der Waals surface area contributed by atoms with Gasteiger partial charge in [0.25, 0.3) is 10.0 Å². The van der Waals surface area contributed by atoms with E-state index in [4.69, 9.17) is 0 Å². The van der Waals surface area contributed by atoms with Crippen molar-refractivity contribution in [3.63, 3.8) is 0 Å². The third kappa shape index (κ3) is 4.38. The summed E-state index contributed by atoms with van der Waals surface area (Å²) in [5.74, 6) is 0.831. The van der Waals surface area contributed by atoms with Crippen LogP contribution in [0.2, 0.25) is 0 Å². The van der Waals surface area contributed by atoms with E-state index in [9.17, 15) is 8.42 Å². The van der Waals surface area contributed by atoms with E-state index >= 15 is 0 Å². The number of likely N-dealkylation sites (tertiary alicyclic amines) is 1. The first-order valence-electron chi connectivity index (χ1n) is 11.3. The summed E-state index contributed by atoms with van der Waals surface area (Å²) < 4.78 is 28.8. The van der Waals surface area contributed by atoms with Gasteiger partial charge in [-0.15, -0.1) is 0 Å². The van der Waals surface area contributed by atoms with Crippen molar-refractivity contribution in [1.29, 1.82) is 0 Å². The van der Waals surface area contributed by atoms with E-state index in [1.165, 1.54) is 31.5 Å². The Balaban J connectivity index is 1.35. The molecule has 0 aliphatic carbocycles. The standard InChI is InChI=1S/C26H29N3O2S/c1-19-10-13-29(14-11-19)15-12-22-18-27-26-9-7-23(17-25(22)26)28-32(30,31)24-8-6-20-4-2-3-5-21(20)16-24/h2-9,16-19,27-28H,10-15H2,1H3. The molecule has 32 heavy (non-hydrogen) atoms. The summed E-state index contributed by atoms with van der Waals surface area (Å²) in [5, 5.41) is 3.01. The highest BCUT2D eigenvalue weighted by Gasteiger charge is 2.17. The molecular formula is C26H29N3O2S. The topological polar surface area (TPSA) is 65.2 Å². The zero-order valence-electron chi connectivity index (χ0n) is 18.3. The van der Waals surface area contributed by atoms with Crippen molar-refractivity contribution < 1.29 is 8.42 Å². The number of benzene rings is 3. The van der Waals surface area contributed by atoms with Gasteiger partial charge >= 0.3 is 0 Å². The molecule has 0 bridgehead atoms. The van der Waals surface area contributed by atoms with E-state index < -0.39 is 10.0 Å². The predicted octanol–water partition coefficient (Wildman–Crippen LogP) is 5.40. The van der Waals surface area contributed by atoms with Gasteiger partial charge in [0.1, 0.15) is 0 Å². The Labute approximate surface area is 189 Å². The summed E-state index contributed by atoms with van der Waals surface area (Å²) in [6.45, 7) is 5.70. The summed E-state index contributed by atoms with van der Waals surface area (Å²) in [7, 11) is -3.67. The van der Waals surface area contributed by atoms with E-state index in [2.05, 4.69) is 27.7 Å². The Morgan fingerprint density at radius 1 is 1.00 bits per heavy atom. The molecule has 0 atom stereocenters. The molecule has 3 aromatic carbocycles. The molecule has 2 heterocycles. The number of anilines is 1. The van der Waals surface area contributed by atoms with Crippen LogP contribution in [0.3, 0.4) is 0 Å². The van der Waals surface area contributed by atoms with Gasteiger partial charge in [-0.3, -0.25) is 4.72 Å². The fourth-order valence-corrected chi connectivity index (χ4v) is 5.65. The highest BCUT2D eigenvalue weighted by atomic mass is 32.2. The molecule has 0 unspecified atom stereocenters. The summed E-state index contributed by atoms with van der Waals surface area (Å²) >= 11 is 0. The lowest BCUT2D eigenvalue weighted by molar-refractivity contribution is 0.194. The number of sulfonamides is 1. The van der Waals surface area contributed by atoms with Gasteiger partial charge in [0.15, 0.2) is 0 Å². The van der Waals surface area contributed by atoms with Crippen LogP contribution in [-0.2, 0) is 16.4 Å². The SMILES string of the molecule is CC1CCN(CCc2c[nH]c3ccc(NS(=O)(=O)c4ccc5ccccc5c4)cc23)CC1. The molecule has 1 aliphatic rings. The Morgan fingerprint density at radius 2 is 1.78 bits per heavy atom. The second-order valence-electron chi connectivity index (χ2n) is 8.96. The Bertz CT molecular complexity index is 1350. The van der Waals surface area contributed by atoms with Crippen LogP contribution in [0.1, 0.15) is 25.3 Å². The number of nitrogens with one attached hydrogen (secondary N) is 2. The second kappa shape index (κ2) is 8.60. The number of nitrogens with zero attached hydrogens (tertiary/aromatic N) is 1. The van der Waals surface area contributed by atoms with Crippen LogP contribution < -0.4 is 4.72 Å². The number of aromatic nitrogens is 1. The fraction of sp³-hybridized carbons (Fsp3) is 0.308. The zero-order valence-corrected chi connectivity index (χ0v) is 19.2. The molecule has 5 nitrogen and oxygen atoms in total. The van der Waals surface area contributed by atoms with E-state index in [1.807, 2.05) is 48.5 Å². The minimum atomic E-state index is -3.67. The molecular weight excluding hydrogens is 418 g/mol. The minimum Gasteiger partial charge on any atom is -0.361 e.